The van der Waals surface area contributed by atoms with Crippen molar-refractivity contribution in [2.45, 2.75) is 46.3 Å². The van der Waals surface area contributed by atoms with E-state index in [-0.39, 0.29) is 12.5 Å². The molecule has 7 nitrogen and oxygen atoms in total. The lowest BCUT2D eigenvalue weighted by atomic mass is 10.1. The van der Waals surface area contributed by atoms with Crippen molar-refractivity contribution in [1.29, 1.82) is 0 Å². The summed E-state index contributed by atoms with van der Waals surface area (Å²) in [5.41, 5.74) is 2.72. The van der Waals surface area contributed by atoms with Gasteiger partial charge in [-0.15, -0.1) is 0 Å². The highest BCUT2D eigenvalue weighted by atomic mass is 32.1. The Hall–Kier alpha value is -2.87. The first-order chi connectivity index (χ1) is 14.2. The second kappa shape index (κ2) is 8.87. The summed E-state index contributed by atoms with van der Waals surface area (Å²) in [5.74, 6) is -0.133. The number of fused-ring (bicyclic) bond motifs is 1. The smallest absolute Gasteiger partial charge is 0.407 e. The Morgan fingerprint density at radius 2 is 1.93 bits per heavy atom. The monoisotopic (exact) mass is 428 g/mol. The topological polar surface area (TPSA) is 85.2 Å². The standard InChI is InChI=1S/C22H28N4O3S/c1-14-17(12-15(26(14)5)13-24-21(28)29-22(2,3)4)20(27)23-11-10-18-16-8-6-7-9-19(16)30-25-18/h6-9,12H,10-11,13H2,1-5H3,(H,23,27)(H,24,28). The molecule has 0 fully saturated rings. The first-order valence-corrected chi connectivity index (χ1v) is 10.7. The van der Waals surface area contributed by atoms with Crippen LogP contribution in [0.1, 0.15) is 48.2 Å². The number of alkyl carbamates (subject to hydrolysis) is 1. The number of aromatic nitrogens is 2. The van der Waals surface area contributed by atoms with Crippen LogP contribution in [0.3, 0.4) is 0 Å². The van der Waals surface area contributed by atoms with E-state index in [0.29, 0.717) is 18.5 Å². The molecule has 1 aromatic carbocycles. The van der Waals surface area contributed by atoms with Crippen LogP contribution in [0.15, 0.2) is 30.3 Å². The van der Waals surface area contributed by atoms with Crippen molar-refractivity contribution in [3.8, 4) is 0 Å². The molecule has 160 valence electrons. The molecule has 8 heteroatoms. The highest BCUT2D eigenvalue weighted by molar-refractivity contribution is 7.13. The van der Waals surface area contributed by atoms with E-state index in [1.165, 1.54) is 11.5 Å². The number of benzene rings is 1. The fourth-order valence-electron chi connectivity index (χ4n) is 3.15. The van der Waals surface area contributed by atoms with Gasteiger partial charge in [-0.3, -0.25) is 4.79 Å². The summed E-state index contributed by atoms with van der Waals surface area (Å²) in [7, 11) is 1.87. The maximum Gasteiger partial charge on any atom is 0.407 e. The van der Waals surface area contributed by atoms with Crippen LogP contribution in [0.4, 0.5) is 4.79 Å². The number of carbonyl (C=O) groups excluding carboxylic acids is 2. The van der Waals surface area contributed by atoms with E-state index < -0.39 is 11.7 Å². The van der Waals surface area contributed by atoms with Gasteiger partial charge in [0.15, 0.2) is 0 Å². The zero-order valence-electron chi connectivity index (χ0n) is 18.0. The molecule has 0 aliphatic rings. The molecule has 2 N–H and O–H groups in total. The van der Waals surface area contributed by atoms with Crippen molar-refractivity contribution < 1.29 is 14.3 Å². The molecular formula is C22H28N4O3S. The van der Waals surface area contributed by atoms with E-state index in [9.17, 15) is 9.59 Å². The number of hydrogen-bond donors (Lipinski definition) is 2. The van der Waals surface area contributed by atoms with Crippen LogP contribution in [0, 0.1) is 6.92 Å². The second-order valence-electron chi connectivity index (χ2n) is 8.18. The van der Waals surface area contributed by atoms with Gasteiger partial charge in [0.2, 0.25) is 0 Å². The van der Waals surface area contributed by atoms with E-state index in [1.54, 1.807) is 6.07 Å². The van der Waals surface area contributed by atoms with Crippen molar-refractivity contribution in [2.24, 2.45) is 7.05 Å². The van der Waals surface area contributed by atoms with Crippen LogP contribution in [0.25, 0.3) is 10.1 Å². The molecule has 2 heterocycles. The van der Waals surface area contributed by atoms with Gasteiger partial charge in [0.05, 0.1) is 22.5 Å². The SMILES string of the molecule is Cc1c(C(=O)NCCc2nsc3ccccc23)cc(CNC(=O)OC(C)(C)C)n1C. The molecule has 0 bridgehead atoms. The molecule has 30 heavy (non-hydrogen) atoms. The van der Waals surface area contributed by atoms with E-state index in [0.717, 1.165) is 27.2 Å². The maximum absolute atomic E-state index is 12.7. The Bertz CT molecular complexity index is 1060. The number of nitrogens with one attached hydrogen (secondary N) is 2. The maximum atomic E-state index is 12.7. The zero-order valence-corrected chi connectivity index (χ0v) is 18.9. The van der Waals surface area contributed by atoms with Crippen LogP contribution in [0.2, 0.25) is 0 Å². The molecule has 0 radical (unpaired) electrons. The molecule has 0 spiro atoms. The Morgan fingerprint density at radius 3 is 2.67 bits per heavy atom. The molecule has 3 rings (SSSR count). The summed E-state index contributed by atoms with van der Waals surface area (Å²) < 4.78 is 12.8. The molecule has 0 saturated heterocycles. The third-order valence-corrected chi connectivity index (χ3v) is 5.66. The van der Waals surface area contributed by atoms with Crippen LogP contribution >= 0.6 is 11.5 Å². The van der Waals surface area contributed by atoms with E-state index in [1.807, 2.05) is 51.4 Å². The van der Waals surface area contributed by atoms with Gasteiger partial charge in [0.1, 0.15) is 5.60 Å². The van der Waals surface area contributed by atoms with Crippen molar-refractivity contribution in [2.75, 3.05) is 6.54 Å². The zero-order chi connectivity index (χ0) is 21.9. The minimum absolute atomic E-state index is 0.133. The lowest BCUT2D eigenvalue weighted by Crippen LogP contribution is -2.32. The minimum Gasteiger partial charge on any atom is -0.444 e. The van der Waals surface area contributed by atoms with Gasteiger partial charge < -0.3 is 19.9 Å². The Balaban J connectivity index is 1.58. The summed E-state index contributed by atoms with van der Waals surface area (Å²) >= 11 is 1.48. The number of hydrogen-bond acceptors (Lipinski definition) is 5. The third-order valence-electron chi connectivity index (χ3n) is 4.79. The van der Waals surface area contributed by atoms with Gasteiger partial charge in [-0.05, 0) is 51.4 Å². The van der Waals surface area contributed by atoms with Gasteiger partial charge in [-0.25, -0.2) is 4.79 Å². The molecule has 2 amide bonds. The van der Waals surface area contributed by atoms with E-state index in [4.69, 9.17) is 4.74 Å². The molecule has 0 unspecified atom stereocenters. The molecule has 0 atom stereocenters. The van der Waals surface area contributed by atoms with Crippen LogP contribution in [0.5, 0.6) is 0 Å². The van der Waals surface area contributed by atoms with Gasteiger partial charge >= 0.3 is 6.09 Å². The highest BCUT2D eigenvalue weighted by Gasteiger charge is 2.19. The van der Waals surface area contributed by atoms with Gasteiger partial charge in [0, 0.05) is 36.8 Å². The minimum atomic E-state index is -0.554. The van der Waals surface area contributed by atoms with Crippen molar-refractivity contribution in [1.82, 2.24) is 19.6 Å². The van der Waals surface area contributed by atoms with Gasteiger partial charge in [-0.1, -0.05) is 18.2 Å². The Morgan fingerprint density at radius 1 is 1.20 bits per heavy atom. The lowest BCUT2D eigenvalue weighted by molar-refractivity contribution is 0.0522. The summed E-state index contributed by atoms with van der Waals surface area (Å²) in [6.45, 7) is 8.12. The summed E-state index contributed by atoms with van der Waals surface area (Å²) in [6, 6.07) is 9.91. The van der Waals surface area contributed by atoms with Crippen LogP contribution < -0.4 is 10.6 Å². The molecule has 0 saturated carbocycles. The normalized spacial score (nSPS) is 11.5. The summed E-state index contributed by atoms with van der Waals surface area (Å²) in [6.07, 6.45) is 0.192. The van der Waals surface area contributed by atoms with Crippen LogP contribution in [-0.2, 0) is 24.8 Å². The van der Waals surface area contributed by atoms with Crippen molar-refractivity contribution >= 4 is 33.6 Å². The molecule has 0 aliphatic carbocycles. The second-order valence-corrected chi connectivity index (χ2v) is 8.99. The Labute approximate surface area is 180 Å². The van der Waals surface area contributed by atoms with Gasteiger partial charge in [0.25, 0.3) is 5.91 Å². The largest absolute Gasteiger partial charge is 0.444 e. The number of ether oxygens (including phenoxy) is 1. The van der Waals surface area contributed by atoms with E-state index in [2.05, 4.69) is 27.1 Å². The number of nitrogens with zero attached hydrogens (tertiary/aromatic N) is 2. The quantitative estimate of drug-likeness (QED) is 0.623. The summed E-state index contributed by atoms with van der Waals surface area (Å²) in [4.78, 5) is 24.6. The molecule has 0 aliphatic heterocycles. The molecule has 3 aromatic rings. The highest BCUT2D eigenvalue weighted by Crippen LogP contribution is 2.22. The predicted octanol–water partition coefficient (Wildman–Crippen LogP) is 3.94. The number of rotatable bonds is 6. The van der Waals surface area contributed by atoms with Crippen molar-refractivity contribution in [3.05, 3.63) is 53.0 Å². The predicted molar refractivity (Wildman–Crippen MR) is 119 cm³/mol. The Kier molecular flexibility index (Phi) is 6.45. The first-order valence-electron chi connectivity index (χ1n) is 9.89. The van der Waals surface area contributed by atoms with Crippen LogP contribution in [-0.4, -0.2) is 33.1 Å². The third kappa shape index (κ3) is 5.18. The number of carbonyl (C=O) groups is 2. The summed E-state index contributed by atoms with van der Waals surface area (Å²) in [5, 5.41) is 6.86. The van der Waals surface area contributed by atoms with Crippen molar-refractivity contribution in [3.63, 3.8) is 0 Å². The fraction of sp³-hybridized carbons (Fsp3) is 0.409. The average molecular weight is 429 g/mol. The first kappa shape index (κ1) is 21.8. The fourth-order valence-corrected chi connectivity index (χ4v) is 3.97. The number of amides is 2. The lowest BCUT2D eigenvalue weighted by Gasteiger charge is -2.19. The van der Waals surface area contributed by atoms with Gasteiger partial charge in [-0.2, -0.15) is 4.37 Å². The average Bonchev–Trinajstić information content (AvgIpc) is 3.21. The van der Waals surface area contributed by atoms with E-state index >= 15 is 0 Å². The molecular weight excluding hydrogens is 400 g/mol. The molecule has 2 aromatic heterocycles.